The van der Waals surface area contributed by atoms with Crippen molar-refractivity contribution in [3.05, 3.63) is 60.1 Å². The number of nitrogens with zero attached hydrogens (tertiary/aromatic N) is 3. The van der Waals surface area contributed by atoms with Crippen molar-refractivity contribution in [1.29, 1.82) is 5.26 Å². The molecule has 3 aromatic rings. The van der Waals surface area contributed by atoms with Crippen molar-refractivity contribution >= 4 is 22.3 Å². The molecule has 0 amide bonds. The third kappa shape index (κ3) is 4.03. The van der Waals surface area contributed by atoms with E-state index in [1.165, 1.54) is 10.6 Å². The smallest absolute Gasteiger partial charge is 0.169 e. The van der Waals surface area contributed by atoms with Gasteiger partial charge in [-0.2, -0.15) is 5.26 Å². The van der Waals surface area contributed by atoms with E-state index in [4.69, 9.17) is 4.74 Å². The molecule has 7 nitrogen and oxygen atoms in total. The predicted molar refractivity (Wildman–Crippen MR) is 112 cm³/mol. The lowest BCUT2D eigenvalue weighted by molar-refractivity contribution is -0.897. The number of aliphatic hydroxyl groups excluding tert-OH is 1. The molecule has 1 aliphatic heterocycles. The van der Waals surface area contributed by atoms with Gasteiger partial charge in [0.2, 0.25) is 0 Å². The fourth-order valence-electron chi connectivity index (χ4n) is 3.70. The summed E-state index contributed by atoms with van der Waals surface area (Å²) in [4.78, 5) is 11.1. The molecule has 1 saturated heterocycles. The Morgan fingerprint density at radius 3 is 2.59 bits per heavy atom. The summed E-state index contributed by atoms with van der Waals surface area (Å²) in [5, 5.41) is 20.2. The predicted octanol–water partition coefficient (Wildman–Crippen LogP) is 1.77. The molecular formula is C22H24N5O2+. The van der Waals surface area contributed by atoms with Crippen LogP contribution in [0.3, 0.4) is 0 Å². The number of nitrogens with one attached hydrogen (secondary N) is 2. The lowest BCUT2D eigenvalue weighted by atomic mass is 10.2. The van der Waals surface area contributed by atoms with Crippen molar-refractivity contribution in [3.8, 4) is 11.8 Å². The number of methoxy groups -OCH3 is 1. The average molecular weight is 390 g/mol. The molecule has 29 heavy (non-hydrogen) atoms. The number of hydrogen-bond acceptors (Lipinski definition) is 5. The number of H-pyrrole nitrogens is 1. The number of hydrogen-bond donors (Lipinski definition) is 3. The van der Waals surface area contributed by atoms with Crippen LogP contribution in [0.5, 0.6) is 5.75 Å². The number of ether oxygens (including phenoxy) is 1. The number of piperazine rings is 1. The summed E-state index contributed by atoms with van der Waals surface area (Å²) < 4.78 is 5.22. The highest BCUT2D eigenvalue weighted by molar-refractivity contribution is 5.82. The van der Waals surface area contributed by atoms with Crippen molar-refractivity contribution in [2.45, 2.75) is 0 Å². The van der Waals surface area contributed by atoms with Crippen LogP contribution in [0.2, 0.25) is 0 Å². The van der Waals surface area contributed by atoms with Crippen molar-refractivity contribution in [1.82, 2.24) is 9.97 Å². The Kier molecular flexibility index (Phi) is 5.36. The largest absolute Gasteiger partial charge is 0.506 e. The second-order valence-electron chi connectivity index (χ2n) is 7.15. The zero-order chi connectivity index (χ0) is 20.2. The number of imidazole rings is 1. The number of aliphatic hydroxyl groups is 1. The Morgan fingerprint density at radius 1 is 1.21 bits per heavy atom. The van der Waals surface area contributed by atoms with E-state index in [9.17, 15) is 10.4 Å². The van der Waals surface area contributed by atoms with Gasteiger partial charge in [-0.3, -0.25) is 0 Å². The van der Waals surface area contributed by atoms with Gasteiger partial charge in [0.25, 0.3) is 0 Å². The van der Waals surface area contributed by atoms with Crippen molar-refractivity contribution in [2.75, 3.05) is 44.7 Å². The maximum atomic E-state index is 10.6. The van der Waals surface area contributed by atoms with Crippen LogP contribution >= 0.6 is 0 Å². The molecule has 2 aromatic carbocycles. The SMILES string of the molecule is COc1ccc(N2CC[NH+](C/C(O)=C(\C#N)c3nc4ccccc4[nH]3)CC2)cc1. The minimum Gasteiger partial charge on any atom is -0.506 e. The first-order chi connectivity index (χ1) is 14.2. The first-order valence-electron chi connectivity index (χ1n) is 9.68. The van der Waals surface area contributed by atoms with Crippen molar-refractivity contribution < 1.29 is 14.7 Å². The Morgan fingerprint density at radius 2 is 1.93 bits per heavy atom. The van der Waals surface area contributed by atoms with Gasteiger partial charge in [-0.05, 0) is 36.4 Å². The first-order valence-corrected chi connectivity index (χ1v) is 9.68. The summed E-state index contributed by atoms with van der Waals surface area (Å²) in [6.45, 7) is 3.96. The third-order valence-electron chi connectivity index (χ3n) is 5.35. The molecule has 4 rings (SSSR count). The van der Waals surface area contributed by atoms with E-state index in [0.29, 0.717) is 12.4 Å². The van der Waals surface area contributed by atoms with E-state index in [0.717, 1.165) is 43.0 Å². The molecule has 0 bridgehead atoms. The molecule has 0 aliphatic carbocycles. The lowest BCUT2D eigenvalue weighted by Gasteiger charge is -2.33. The molecule has 0 spiro atoms. The van der Waals surface area contributed by atoms with E-state index in [-0.39, 0.29) is 11.3 Å². The molecule has 0 radical (unpaired) electrons. The van der Waals surface area contributed by atoms with Crippen LogP contribution in [0, 0.1) is 11.3 Å². The van der Waals surface area contributed by atoms with Crippen LogP contribution in [0.1, 0.15) is 5.82 Å². The number of aromatic amines is 1. The second-order valence-corrected chi connectivity index (χ2v) is 7.15. The number of para-hydroxylation sites is 2. The molecule has 7 heteroatoms. The highest BCUT2D eigenvalue weighted by Crippen LogP contribution is 2.20. The van der Waals surface area contributed by atoms with Gasteiger partial charge < -0.3 is 24.6 Å². The third-order valence-corrected chi connectivity index (χ3v) is 5.35. The maximum Gasteiger partial charge on any atom is 0.169 e. The number of aromatic nitrogens is 2. The quantitative estimate of drug-likeness (QED) is 0.456. The number of quaternary nitrogens is 1. The van der Waals surface area contributed by atoms with Crippen molar-refractivity contribution in [2.24, 2.45) is 0 Å². The zero-order valence-electron chi connectivity index (χ0n) is 16.4. The van der Waals surface area contributed by atoms with E-state index < -0.39 is 0 Å². The Balaban J connectivity index is 1.42. The van der Waals surface area contributed by atoms with Crippen LogP contribution in [0.4, 0.5) is 5.69 Å². The van der Waals surface area contributed by atoms with E-state index in [1.807, 2.05) is 36.4 Å². The summed E-state index contributed by atoms with van der Waals surface area (Å²) in [5.41, 5.74) is 3.02. The van der Waals surface area contributed by atoms with E-state index >= 15 is 0 Å². The van der Waals surface area contributed by atoms with Crippen LogP contribution in [0.25, 0.3) is 16.6 Å². The fraction of sp³-hybridized carbons (Fsp3) is 0.273. The summed E-state index contributed by atoms with van der Waals surface area (Å²) in [5.74, 6) is 1.35. The molecule has 1 aliphatic rings. The van der Waals surface area contributed by atoms with Gasteiger partial charge in [-0.25, -0.2) is 4.98 Å². The number of nitriles is 1. The number of fused-ring (bicyclic) bond motifs is 1. The Labute approximate surface area is 169 Å². The highest BCUT2D eigenvalue weighted by Gasteiger charge is 2.23. The number of benzene rings is 2. The van der Waals surface area contributed by atoms with E-state index in [1.54, 1.807) is 7.11 Å². The number of rotatable bonds is 5. The van der Waals surface area contributed by atoms with Gasteiger partial charge in [0.1, 0.15) is 23.9 Å². The van der Waals surface area contributed by atoms with Crippen LogP contribution in [-0.2, 0) is 0 Å². The van der Waals surface area contributed by atoms with Crippen LogP contribution in [-0.4, -0.2) is 54.9 Å². The summed E-state index contributed by atoms with van der Waals surface area (Å²) in [7, 11) is 1.66. The average Bonchev–Trinajstić information content (AvgIpc) is 3.18. The van der Waals surface area contributed by atoms with Crippen LogP contribution in [0.15, 0.2) is 54.3 Å². The van der Waals surface area contributed by atoms with Gasteiger partial charge in [-0.1, -0.05) is 12.1 Å². The monoisotopic (exact) mass is 390 g/mol. The molecule has 1 fully saturated rings. The molecule has 2 heterocycles. The number of allylic oxidation sites excluding steroid dienone is 1. The van der Waals surface area contributed by atoms with Gasteiger partial charge >= 0.3 is 0 Å². The molecule has 1 aromatic heterocycles. The summed E-state index contributed by atoms with van der Waals surface area (Å²) in [6.07, 6.45) is 0. The van der Waals surface area contributed by atoms with Gasteiger partial charge in [-0.15, -0.1) is 0 Å². The molecule has 3 N–H and O–H groups in total. The Bertz CT molecular complexity index is 1020. The topological polar surface area (TPSA) is 89.6 Å². The molecular weight excluding hydrogens is 366 g/mol. The maximum absolute atomic E-state index is 10.6. The zero-order valence-corrected chi connectivity index (χ0v) is 16.4. The Hall–Kier alpha value is -3.50. The fourth-order valence-corrected chi connectivity index (χ4v) is 3.70. The molecule has 0 atom stereocenters. The second kappa shape index (κ2) is 8.25. The summed E-state index contributed by atoms with van der Waals surface area (Å²) >= 11 is 0. The molecule has 0 unspecified atom stereocenters. The normalized spacial score (nSPS) is 15.8. The highest BCUT2D eigenvalue weighted by atomic mass is 16.5. The first kappa shape index (κ1) is 18.8. The minimum absolute atomic E-state index is 0.0828. The van der Waals surface area contributed by atoms with Gasteiger partial charge in [0.15, 0.2) is 11.6 Å². The number of anilines is 1. The standard InChI is InChI=1S/C22H23N5O2/c1-29-17-8-6-16(7-9-17)27-12-10-26(11-13-27)15-21(28)18(14-23)22-24-19-4-2-3-5-20(19)25-22/h2-9,28H,10-13,15H2,1H3,(H,24,25)/p+1/b21-18-. The van der Waals surface area contributed by atoms with Gasteiger partial charge in [0.05, 0.1) is 44.3 Å². The minimum atomic E-state index is 0.0828. The summed E-state index contributed by atoms with van der Waals surface area (Å²) in [6, 6.07) is 17.8. The van der Waals surface area contributed by atoms with E-state index in [2.05, 4.69) is 33.1 Å². The van der Waals surface area contributed by atoms with Crippen molar-refractivity contribution in [3.63, 3.8) is 0 Å². The molecule has 0 saturated carbocycles. The van der Waals surface area contributed by atoms with Crippen LogP contribution < -0.4 is 14.5 Å². The lowest BCUT2D eigenvalue weighted by Crippen LogP contribution is -3.15. The molecule has 148 valence electrons. The van der Waals surface area contributed by atoms with Gasteiger partial charge in [0, 0.05) is 5.69 Å².